The maximum Gasteiger partial charge on any atom is 0.356 e. The number of hydrogen-bond acceptors (Lipinski definition) is 2. The molecule has 82 valence electrons. The number of hydrogen-bond donors (Lipinski definition) is 1. The molecule has 5 heteroatoms. The summed E-state index contributed by atoms with van der Waals surface area (Å²) >= 11 is 5.77. The third kappa shape index (κ3) is 1.92. The van der Waals surface area contributed by atoms with Crippen LogP contribution in [0.15, 0.2) is 30.5 Å². The zero-order valence-electron chi connectivity index (χ0n) is 8.51. The summed E-state index contributed by atoms with van der Waals surface area (Å²) < 4.78 is 1.67. The molecule has 2 aromatic rings. The maximum atomic E-state index is 10.8. The van der Waals surface area contributed by atoms with Gasteiger partial charge in [-0.15, -0.1) is 0 Å². The minimum Gasteiger partial charge on any atom is -0.476 e. The van der Waals surface area contributed by atoms with E-state index in [2.05, 4.69) is 4.98 Å². The van der Waals surface area contributed by atoms with Gasteiger partial charge in [0, 0.05) is 23.8 Å². The number of aromatic nitrogens is 2. The monoisotopic (exact) mass is 236 g/mol. The predicted octanol–water partition coefficient (Wildman–Crippen LogP) is 2.44. The molecule has 1 N–H and O–H groups in total. The number of carboxylic acids is 1. The van der Waals surface area contributed by atoms with Gasteiger partial charge in [-0.1, -0.05) is 11.6 Å². The van der Waals surface area contributed by atoms with Crippen LogP contribution in [0.2, 0.25) is 5.02 Å². The summed E-state index contributed by atoms with van der Waals surface area (Å²) in [6.07, 6.45) is 1.48. The van der Waals surface area contributed by atoms with Gasteiger partial charge in [0.2, 0.25) is 0 Å². The quantitative estimate of drug-likeness (QED) is 0.871. The van der Waals surface area contributed by atoms with Gasteiger partial charge in [-0.25, -0.2) is 9.78 Å². The number of imidazole rings is 1. The second-order valence-corrected chi connectivity index (χ2v) is 3.81. The molecule has 0 spiro atoms. The van der Waals surface area contributed by atoms with E-state index in [1.54, 1.807) is 35.9 Å². The van der Waals surface area contributed by atoms with Gasteiger partial charge in [0.05, 0.1) is 0 Å². The van der Waals surface area contributed by atoms with E-state index < -0.39 is 5.97 Å². The second kappa shape index (κ2) is 3.98. The molecule has 0 saturated carbocycles. The fraction of sp³-hybridized carbons (Fsp3) is 0.0909. The molecule has 0 aliphatic carbocycles. The van der Waals surface area contributed by atoms with E-state index >= 15 is 0 Å². The minimum absolute atomic E-state index is 0.0347. The van der Waals surface area contributed by atoms with Crippen LogP contribution in [0.3, 0.4) is 0 Å². The number of carboxylic acid groups (broad SMARTS) is 1. The van der Waals surface area contributed by atoms with Crippen molar-refractivity contribution in [2.45, 2.75) is 0 Å². The summed E-state index contributed by atoms with van der Waals surface area (Å²) in [4.78, 5) is 14.8. The summed E-state index contributed by atoms with van der Waals surface area (Å²) in [5.41, 5.74) is 0.867. The van der Waals surface area contributed by atoms with Gasteiger partial charge in [0.25, 0.3) is 0 Å². The van der Waals surface area contributed by atoms with Crippen molar-refractivity contribution in [1.29, 1.82) is 0 Å². The van der Waals surface area contributed by atoms with E-state index in [-0.39, 0.29) is 5.69 Å². The van der Waals surface area contributed by atoms with E-state index in [0.717, 1.165) is 5.56 Å². The molecule has 1 aromatic carbocycles. The van der Waals surface area contributed by atoms with Crippen molar-refractivity contribution in [2.24, 2.45) is 7.05 Å². The Labute approximate surface area is 97.1 Å². The van der Waals surface area contributed by atoms with Gasteiger partial charge in [0.1, 0.15) is 5.82 Å². The molecule has 0 bridgehead atoms. The summed E-state index contributed by atoms with van der Waals surface area (Å²) in [7, 11) is 1.75. The maximum absolute atomic E-state index is 10.8. The molecule has 0 aliphatic rings. The number of aryl methyl sites for hydroxylation is 1. The molecule has 1 aromatic heterocycles. The Balaban J connectivity index is 2.47. The first-order chi connectivity index (χ1) is 7.58. The summed E-state index contributed by atoms with van der Waals surface area (Å²) in [6.45, 7) is 0. The Morgan fingerprint density at radius 1 is 1.38 bits per heavy atom. The number of benzene rings is 1. The van der Waals surface area contributed by atoms with Crippen LogP contribution in [0.4, 0.5) is 0 Å². The summed E-state index contributed by atoms with van der Waals surface area (Å²) in [5, 5.41) is 9.45. The van der Waals surface area contributed by atoms with Gasteiger partial charge >= 0.3 is 5.97 Å². The molecule has 2 rings (SSSR count). The Morgan fingerprint density at radius 2 is 2.00 bits per heavy atom. The van der Waals surface area contributed by atoms with Gasteiger partial charge < -0.3 is 9.67 Å². The van der Waals surface area contributed by atoms with Crippen LogP contribution in [0.25, 0.3) is 11.4 Å². The van der Waals surface area contributed by atoms with Crippen molar-refractivity contribution in [1.82, 2.24) is 9.55 Å². The first-order valence-corrected chi connectivity index (χ1v) is 4.98. The standard InChI is InChI=1S/C11H9ClN2O2/c1-14-6-9(11(15)16)13-10(14)7-2-4-8(12)5-3-7/h2-6H,1H3,(H,15,16). The molecule has 0 atom stereocenters. The van der Waals surface area contributed by atoms with Crippen LogP contribution in [-0.4, -0.2) is 20.6 Å². The van der Waals surface area contributed by atoms with Crippen LogP contribution in [0, 0.1) is 0 Å². The normalized spacial score (nSPS) is 10.4. The third-order valence-electron chi connectivity index (χ3n) is 2.20. The van der Waals surface area contributed by atoms with Gasteiger partial charge in [-0.3, -0.25) is 0 Å². The van der Waals surface area contributed by atoms with Gasteiger partial charge in [0.15, 0.2) is 5.69 Å². The Kier molecular flexibility index (Phi) is 2.66. The van der Waals surface area contributed by atoms with Crippen molar-refractivity contribution in [3.63, 3.8) is 0 Å². The second-order valence-electron chi connectivity index (χ2n) is 3.37. The fourth-order valence-electron chi connectivity index (χ4n) is 1.44. The van der Waals surface area contributed by atoms with Gasteiger partial charge in [-0.05, 0) is 24.3 Å². The minimum atomic E-state index is -1.03. The fourth-order valence-corrected chi connectivity index (χ4v) is 1.56. The van der Waals surface area contributed by atoms with Gasteiger partial charge in [-0.2, -0.15) is 0 Å². The number of rotatable bonds is 2. The molecule has 0 amide bonds. The van der Waals surface area contributed by atoms with Crippen LogP contribution in [0.5, 0.6) is 0 Å². The lowest BCUT2D eigenvalue weighted by Gasteiger charge is -2.00. The molecule has 0 aliphatic heterocycles. The Bertz CT molecular complexity index is 531. The SMILES string of the molecule is Cn1cc(C(=O)O)nc1-c1ccc(Cl)cc1. The van der Waals surface area contributed by atoms with E-state index in [1.165, 1.54) is 6.20 Å². The number of nitrogens with zero attached hydrogens (tertiary/aromatic N) is 2. The van der Waals surface area contributed by atoms with Crippen molar-refractivity contribution >= 4 is 17.6 Å². The molecule has 16 heavy (non-hydrogen) atoms. The third-order valence-corrected chi connectivity index (χ3v) is 2.45. The van der Waals surface area contributed by atoms with E-state index in [1.807, 2.05) is 0 Å². The summed E-state index contributed by atoms with van der Waals surface area (Å²) in [5.74, 6) is -0.426. The van der Waals surface area contributed by atoms with Crippen molar-refractivity contribution in [3.05, 3.63) is 41.2 Å². The first kappa shape index (κ1) is 10.7. The van der Waals surface area contributed by atoms with Crippen LogP contribution in [0.1, 0.15) is 10.5 Å². The number of carbonyl (C=O) groups is 1. The van der Waals surface area contributed by atoms with Crippen molar-refractivity contribution < 1.29 is 9.90 Å². The molecule has 1 heterocycles. The Hall–Kier alpha value is -1.81. The average molecular weight is 237 g/mol. The highest BCUT2D eigenvalue weighted by Gasteiger charge is 2.12. The zero-order valence-corrected chi connectivity index (χ0v) is 9.27. The number of aromatic carboxylic acids is 1. The largest absolute Gasteiger partial charge is 0.476 e. The van der Waals surface area contributed by atoms with Crippen LogP contribution in [-0.2, 0) is 7.05 Å². The highest BCUT2D eigenvalue weighted by Crippen LogP contribution is 2.20. The van der Waals surface area contributed by atoms with E-state index in [9.17, 15) is 4.79 Å². The smallest absolute Gasteiger partial charge is 0.356 e. The molecule has 0 saturated heterocycles. The highest BCUT2D eigenvalue weighted by atomic mass is 35.5. The molecular weight excluding hydrogens is 228 g/mol. The van der Waals surface area contributed by atoms with Crippen LogP contribution >= 0.6 is 11.6 Å². The zero-order chi connectivity index (χ0) is 11.7. The highest BCUT2D eigenvalue weighted by molar-refractivity contribution is 6.30. The first-order valence-electron chi connectivity index (χ1n) is 4.60. The van der Waals surface area contributed by atoms with E-state index in [4.69, 9.17) is 16.7 Å². The van der Waals surface area contributed by atoms with Crippen molar-refractivity contribution in [2.75, 3.05) is 0 Å². The van der Waals surface area contributed by atoms with Crippen molar-refractivity contribution in [3.8, 4) is 11.4 Å². The molecule has 4 nitrogen and oxygen atoms in total. The summed E-state index contributed by atoms with van der Waals surface area (Å²) in [6, 6.07) is 7.09. The molecule has 0 fully saturated rings. The number of halogens is 1. The van der Waals surface area contributed by atoms with E-state index in [0.29, 0.717) is 10.8 Å². The molecule has 0 radical (unpaired) electrons. The lowest BCUT2D eigenvalue weighted by molar-refractivity contribution is 0.0691. The molecular formula is C11H9ClN2O2. The average Bonchev–Trinajstić information content (AvgIpc) is 2.62. The lowest BCUT2D eigenvalue weighted by atomic mass is 10.2. The lowest BCUT2D eigenvalue weighted by Crippen LogP contribution is -1.95. The Morgan fingerprint density at radius 3 is 2.50 bits per heavy atom. The molecule has 0 unspecified atom stereocenters. The van der Waals surface area contributed by atoms with Crippen LogP contribution < -0.4 is 0 Å². The predicted molar refractivity (Wildman–Crippen MR) is 60.6 cm³/mol. The topological polar surface area (TPSA) is 55.1 Å².